The van der Waals surface area contributed by atoms with Gasteiger partial charge in [0.25, 0.3) is 0 Å². The average Bonchev–Trinajstić information content (AvgIpc) is 2.47. The van der Waals surface area contributed by atoms with Crippen molar-refractivity contribution in [2.24, 2.45) is 0 Å². The van der Waals surface area contributed by atoms with Gasteiger partial charge < -0.3 is 14.8 Å². The lowest BCUT2D eigenvalue weighted by Crippen LogP contribution is -2.15. The summed E-state index contributed by atoms with van der Waals surface area (Å²) in [6, 6.07) is 13.3. The minimum absolute atomic E-state index is 0.552. The number of nitrogens with zero attached hydrogens (tertiary/aromatic N) is 1. The van der Waals surface area contributed by atoms with E-state index >= 15 is 0 Å². The normalized spacial score (nSPS) is 12.6. The molecule has 4 nitrogen and oxygen atoms in total. The first-order chi connectivity index (χ1) is 9.76. The number of ether oxygens (including phenoxy) is 2. The highest BCUT2D eigenvalue weighted by molar-refractivity contribution is 9.10. The van der Waals surface area contributed by atoms with Gasteiger partial charge in [0.1, 0.15) is 19.3 Å². The Labute approximate surface area is 125 Å². The number of anilines is 2. The summed E-state index contributed by atoms with van der Waals surface area (Å²) in [7, 11) is 0. The van der Waals surface area contributed by atoms with Crippen LogP contribution in [0.5, 0.6) is 11.5 Å². The lowest BCUT2D eigenvalue weighted by atomic mass is 10.2. The summed E-state index contributed by atoms with van der Waals surface area (Å²) < 4.78 is 11.9. The molecule has 0 unspecified atom stereocenters. The minimum Gasteiger partial charge on any atom is -0.486 e. The molecule has 0 amide bonds. The highest BCUT2D eigenvalue weighted by Gasteiger charge is 2.12. The van der Waals surface area contributed by atoms with Gasteiger partial charge in [0.15, 0.2) is 11.5 Å². The van der Waals surface area contributed by atoms with Crippen molar-refractivity contribution in [1.29, 1.82) is 5.26 Å². The lowest BCUT2D eigenvalue weighted by molar-refractivity contribution is 0.171. The fourth-order valence-corrected chi connectivity index (χ4v) is 2.36. The summed E-state index contributed by atoms with van der Waals surface area (Å²) in [4.78, 5) is 0. The monoisotopic (exact) mass is 330 g/mol. The predicted octanol–water partition coefficient (Wildman–Crippen LogP) is 3.84. The van der Waals surface area contributed by atoms with Crippen LogP contribution in [0, 0.1) is 11.3 Å². The standard InChI is InChI=1S/C15H11BrN2O2/c16-11-2-1-10(9-17)13(7-11)18-12-3-4-14-15(8-12)20-6-5-19-14/h1-4,7-8,18H,5-6H2. The second kappa shape index (κ2) is 5.43. The highest BCUT2D eigenvalue weighted by atomic mass is 79.9. The van der Waals surface area contributed by atoms with Crippen molar-refractivity contribution in [3.8, 4) is 17.6 Å². The molecule has 0 bridgehead atoms. The van der Waals surface area contributed by atoms with Crippen LogP contribution < -0.4 is 14.8 Å². The smallest absolute Gasteiger partial charge is 0.163 e. The number of hydrogen-bond acceptors (Lipinski definition) is 4. The highest BCUT2D eigenvalue weighted by Crippen LogP contribution is 2.34. The van der Waals surface area contributed by atoms with Crippen LogP contribution in [-0.4, -0.2) is 13.2 Å². The van der Waals surface area contributed by atoms with Gasteiger partial charge in [0.2, 0.25) is 0 Å². The zero-order valence-corrected chi connectivity index (χ0v) is 12.1. The summed E-state index contributed by atoms with van der Waals surface area (Å²) in [6.07, 6.45) is 0. The van der Waals surface area contributed by atoms with E-state index in [0.717, 1.165) is 27.3 Å². The van der Waals surface area contributed by atoms with Crippen molar-refractivity contribution in [3.05, 3.63) is 46.4 Å². The molecule has 0 saturated heterocycles. The SMILES string of the molecule is N#Cc1ccc(Br)cc1Nc1ccc2c(c1)OCCO2. The van der Waals surface area contributed by atoms with Crippen molar-refractivity contribution in [3.63, 3.8) is 0 Å². The van der Waals surface area contributed by atoms with Crippen LogP contribution in [0.1, 0.15) is 5.56 Å². The van der Waals surface area contributed by atoms with Gasteiger partial charge in [-0.2, -0.15) is 5.26 Å². The molecule has 0 atom stereocenters. The first-order valence-electron chi connectivity index (χ1n) is 6.12. The van der Waals surface area contributed by atoms with Crippen LogP contribution >= 0.6 is 15.9 Å². The Morgan fingerprint density at radius 1 is 1.05 bits per heavy atom. The number of fused-ring (bicyclic) bond motifs is 1. The second-order valence-corrected chi connectivity index (χ2v) is 5.20. The number of benzene rings is 2. The molecular weight excluding hydrogens is 320 g/mol. The molecule has 0 fully saturated rings. The van der Waals surface area contributed by atoms with Crippen molar-refractivity contribution in [1.82, 2.24) is 0 Å². The molecule has 20 heavy (non-hydrogen) atoms. The number of nitriles is 1. The van der Waals surface area contributed by atoms with Crippen molar-refractivity contribution in [2.75, 3.05) is 18.5 Å². The van der Waals surface area contributed by atoms with Gasteiger partial charge in [-0.15, -0.1) is 0 Å². The zero-order chi connectivity index (χ0) is 13.9. The average molecular weight is 331 g/mol. The van der Waals surface area contributed by atoms with E-state index in [1.54, 1.807) is 6.07 Å². The molecule has 100 valence electrons. The number of nitrogens with one attached hydrogen (secondary N) is 1. The van der Waals surface area contributed by atoms with E-state index in [1.807, 2.05) is 30.3 Å². The molecule has 3 rings (SSSR count). The third kappa shape index (κ3) is 2.56. The van der Waals surface area contributed by atoms with E-state index in [9.17, 15) is 0 Å². The molecule has 1 N–H and O–H groups in total. The summed E-state index contributed by atoms with van der Waals surface area (Å²) in [5, 5.41) is 12.4. The summed E-state index contributed by atoms with van der Waals surface area (Å²) in [5.74, 6) is 1.46. The van der Waals surface area contributed by atoms with Gasteiger partial charge in [-0.25, -0.2) is 0 Å². The van der Waals surface area contributed by atoms with Crippen molar-refractivity contribution in [2.45, 2.75) is 0 Å². The molecule has 0 aliphatic carbocycles. The van der Waals surface area contributed by atoms with Gasteiger partial charge in [0.05, 0.1) is 11.3 Å². The first kappa shape index (κ1) is 12.8. The number of hydrogen-bond donors (Lipinski definition) is 1. The van der Waals surface area contributed by atoms with E-state index in [0.29, 0.717) is 18.8 Å². The summed E-state index contributed by atoms with van der Waals surface area (Å²) in [5.41, 5.74) is 2.19. The Balaban J connectivity index is 1.92. The maximum atomic E-state index is 9.13. The van der Waals surface area contributed by atoms with E-state index in [2.05, 4.69) is 27.3 Å². The van der Waals surface area contributed by atoms with Crippen LogP contribution in [0.3, 0.4) is 0 Å². The van der Waals surface area contributed by atoms with Gasteiger partial charge in [-0.3, -0.25) is 0 Å². The van der Waals surface area contributed by atoms with Gasteiger partial charge in [-0.05, 0) is 30.3 Å². The van der Waals surface area contributed by atoms with E-state index in [1.165, 1.54) is 0 Å². The lowest BCUT2D eigenvalue weighted by Gasteiger charge is -2.19. The maximum Gasteiger partial charge on any atom is 0.163 e. The van der Waals surface area contributed by atoms with Crippen LogP contribution in [-0.2, 0) is 0 Å². The molecule has 1 heterocycles. The van der Waals surface area contributed by atoms with E-state index in [-0.39, 0.29) is 0 Å². The Hall–Kier alpha value is -2.19. The molecule has 1 aliphatic rings. The Bertz CT molecular complexity index is 695. The molecule has 2 aromatic carbocycles. The largest absolute Gasteiger partial charge is 0.486 e. The zero-order valence-electron chi connectivity index (χ0n) is 10.5. The third-order valence-electron chi connectivity index (χ3n) is 2.92. The molecule has 0 spiro atoms. The topological polar surface area (TPSA) is 54.3 Å². The molecule has 0 radical (unpaired) electrons. The fourth-order valence-electron chi connectivity index (χ4n) is 1.99. The first-order valence-corrected chi connectivity index (χ1v) is 6.92. The summed E-state index contributed by atoms with van der Waals surface area (Å²) in [6.45, 7) is 1.13. The Morgan fingerprint density at radius 2 is 1.85 bits per heavy atom. The quantitative estimate of drug-likeness (QED) is 0.909. The molecular formula is C15H11BrN2O2. The third-order valence-corrected chi connectivity index (χ3v) is 3.42. The Kier molecular flexibility index (Phi) is 3.48. The maximum absolute atomic E-state index is 9.13. The molecule has 0 saturated carbocycles. The molecule has 2 aromatic rings. The van der Waals surface area contributed by atoms with Gasteiger partial charge in [-0.1, -0.05) is 15.9 Å². The minimum atomic E-state index is 0.552. The molecule has 0 aromatic heterocycles. The van der Waals surface area contributed by atoms with Crippen molar-refractivity contribution >= 4 is 27.3 Å². The molecule has 5 heteroatoms. The number of halogens is 1. The van der Waals surface area contributed by atoms with Crippen LogP contribution in [0.4, 0.5) is 11.4 Å². The predicted molar refractivity (Wildman–Crippen MR) is 79.6 cm³/mol. The van der Waals surface area contributed by atoms with E-state index in [4.69, 9.17) is 14.7 Å². The fraction of sp³-hybridized carbons (Fsp3) is 0.133. The molecule has 1 aliphatic heterocycles. The van der Waals surface area contributed by atoms with Crippen LogP contribution in [0.25, 0.3) is 0 Å². The van der Waals surface area contributed by atoms with Crippen molar-refractivity contribution < 1.29 is 9.47 Å². The van der Waals surface area contributed by atoms with E-state index < -0.39 is 0 Å². The van der Waals surface area contributed by atoms with Gasteiger partial charge in [0, 0.05) is 16.2 Å². The Morgan fingerprint density at radius 3 is 2.65 bits per heavy atom. The van der Waals surface area contributed by atoms with Crippen LogP contribution in [0.2, 0.25) is 0 Å². The number of rotatable bonds is 2. The second-order valence-electron chi connectivity index (χ2n) is 4.29. The summed E-state index contributed by atoms with van der Waals surface area (Å²) >= 11 is 3.40. The van der Waals surface area contributed by atoms with Crippen LogP contribution in [0.15, 0.2) is 40.9 Å². The van der Waals surface area contributed by atoms with Gasteiger partial charge >= 0.3 is 0 Å².